The van der Waals surface area contributed by atoms with Crippen LogP contribution in [0.25, 0.3) is 11.1 Å². The number of nitrogens with zero attached hydrogens (tertiary/aromatic N) is 1. The van der Waals surface area contributed by atoms with Crippen LogP contribution in [0.5, 0.6) is 0 Å². The monoisotopic (exact) mass is 504 g/mol. The lowest BCUT2D eigenvalue weighted by Crippen LogP contribution is -2.21. The Morgan fingerprint density at radius 3 is 2.28 bits per heavy atom. The summed E-state index contributed by atoms with van der Waals surface area (Å²) in [5.74, 6) is -0.943. The van der Waals surface area contributed by atoms with Crippen molar-refractivity contribution in [1.29, 1.82) is 0 Å². The third kappa shape index (κ3) is 6.23. The van der Waals surface area contributed by atoms with Gasteiger partial charge in [0.1, 0.15) is 0 Å². The van der Waals surface area contributed by atoms with Crippen LogP contribution in [0.15, 0.2) is 83.5 Å². The number of aryl methyl sites for hydroxylation is 1. The Hall–Kier alpha value is -4.28. The number of sulfonamides is 1. The molecule has 1 aromatic heterocycles. The lowest BCUT2D eigenvalue weighted by molar-refractivity contribution is 0.0988. The summed E-state index contributed by atoms with van der Waals surface area (Å²) in [6.45, 7) is 2.04. The molecular formula is C26H24N4O5S. The first-order valence-corrected chi connectivity index (χ1v) is 12.9. The molecule has 0 aliphatic heterocycles. The van der Waals surface area contributed by atoms with Crippen LogP contribution in [0.4, 0.5) is 11.4 Å². The molecule has 0 aliphatic carbocycles. The highest BCUT2D eigenvalue weighted by Gasteiger charge is 2.19. The van der Waals surface area contributed by atoms with E-state index in [-0.39, 0.29) is 17.9 Å². The van der Waals surface area contributed by atoms with E-state index >= 15 is 0 Å². The fourth-order valence-electron chi connectivity index (χ4n) is 3.56. The molecule has 4 rings (SSSR count). The van der Waals surface area contributed by atoms with E-state index in [2.05, 4.69) is 20.5 Å². The second kappa shape index (κ2) is 10.5. The van der Waals surface area contributed by atoms with Gasteiger partial charge in [-0.05, 0) is 53.4 Å². The Balaban J connectivity index is 1.62. The molecule has 4 aromatic rings. The molecule has 1 heterocycles. The molecule has 36 heavy (non-hydrogen) atoms. The first-order valence-electron chi connectivity index (χ1n) is 11.0. The summed E-state index contributed by atoms with van der Waals surface area (Å²) in [7, 11) is -3.31. The quantitative estimate of drug-likeness (QED) is 0.330. The number of hydrogen-bond donors (Lipinski definition) is 3. The maximum Gasteiger partial charge on any atom is 0.294 e. The smallest absolute Gasteiger partial charge is 0.294 e. The fourth-order valence-corrected chi connectivity index (χ4v) is 3.99. The van der Waals surface area contributed by atoms with Crippen LogP contribution in [-0.2, 0) is 16.6 Å². The molecule has 0 fully saturated rings. The van der Waals surface area contributed by atoms with Gasteiger partial charge in [0.25, 0.3) is 11.8 Å². The van der Waals surface area contributed by atoms with Gasteiger partial charge in [-0.25, -0.2) is 13.1 Å². The molecular weight excluding hydrogens is 480 g/mol. The van der Waals surface area contributed by atoms with E-state index in [1.165, 1.54) is 12.3 Å². The molecule has 0 unspecified atom stereocenters. The van der Waals surface area contributed by atoms with Gasteiger partial charge in [-0.1, -0.05) is 47.6 Å². The molecule has 3 N–H and O–H groups in total. The first kappa shape index (κ1) is 24.8. The Morgan fingerprint density at radius 1 is 0.917 bits per heavy atom. The van der Waals surface area contributed by atoms with Crippen LogP contribution in [0, 0.1) is 6.92 Å². The summed E-state index contributed by atoms with van der Waals surface area (Å²) in [5.41, 5.74) is 4.49. The fraction of sp³-hybridized carbons (Fsp3) is 0.115. The Kier molecular flexibility index (Phi) is 7.28. The molecule has 0 spiro atoms. The molecule has 0 radical (unpaired) electrons. The molecule has 0 bridgehead atoms. The number of amides is 2. The summed E-state index contributed by atoms with van der Waals surface area (Å²) in [6.07, 6.45) is 2.45. The third-order valence-electron chi connectivity index (χ3n) is 5.35. The minimum Gasteiger partial charge on any atom is -0.351 e. The van der Waals surface area contributed by atoms with Crippen LogP contribution < -0.4 is 15.4 Å². The van der Waals surface area contributed by atoms with Crippen LogP contribution >= 0.6 is 0 Å². The molecule has 184 valence electrons. The second-order valence-electron chi connectivity index (χ2n) is 8.15. The largest absolute Gasteiger partial charge is 0.351 e. The zero-order valence-corrected chi connectivity index (χ0v) is 20.4. The SMILES string of the molecule is Cc1cc(C(=O)Nc2ccc(CNS(C)(=O)=O)cc2)c(NC(=O)c2ccno2)cc1-c1ccccc1. The van der Waals surface area contributed by atoms with Gasteiger partial charge in [0.05, 0.1) is 23.7 Å². The van der Waals surface area contributed by atoms with Crippen molar-refractivity contribution in [3.8, 4) is 11.1 Å². The molecule has 10 heteroatoms. The number of carbonyl (C=O) groups is 2. The lowest BCUT2D eigenvalue weighted by atomic mass is 9.96. The normalized spacial score (nSPS) is 11.2. The lowest BCUT2D eigenvalue weighted by Gasteiger charge is -2.16. The predicted octanol–water partition coefficient (Wildman–Crippen LogP) is 4.20. The Morgan fingerprint density at radius 2 is 1.64 bits per heavy atom. The van der Waals surface area contributed by atoms with E-state index in [1.807, 2.05) is 37.3 Å². The zero-order valence-electron chi connectivity index (χ0n) is 19.6. The first-order chi connectivity index (χ1) is 17.2. The Bertz CT molecular complexity index is 1480. The summed E-state index contributed by atoms with van der Waals surface area (Å²) in [5, 5.41) is 9.14. The number of anilines is 2. The van der Waals surface area contributed by atoms with Gasteiger partial charge < -0.3 is 15.2 Å². The average Bonchev–Trinajstić information content (AvgIpc) is 3.40. The van der Waals surface area contributed by atoms with E-state index < -0.39 is 21.8 Å². The summed E-state index contributed by atoms with van der Waals surface area (Å²) >= 11 is 0. The van der Waals surface area contributed by atoms with Crippen LogP contribution in [0.3, 0.4) is 0 Å². The number of nitrogens with one attached hydrogen (secondary N) is 3. The molecule has 0 saturated carbocycles. The number of aromatic nitrogens is 1. The number of hydrogen-bond acceptors (Lipinski definition) is 6. The zero-order chi connectivity index (χ0) is 25.7. The van der Waals surface area contributed by atoms with Crippen molar-refractivity contribution in [2.45, 2.75) is 13.5 Å². The topological polar surface area (TPSA) is 130 Å². The molecule has 2 amide bonds. The second-order valence-corrected chi connectivity index (χ2v) is 9.99. The van der Waals surface area contributed by atoms with Gasteiger partial charge in [0.15, 0.2) is 0 Å². The standard InChI is InChI=1S/C26H24N4O5S/c1-17-14-22(25(31)29-20-10-8-18(9-11-20)16-28-36(2,33)34)23(30-26(32)24-12-13-27-35-24)15-21(17)19-6-4-3-5-7-19/h3-15,28H,16H2,1-2H3,(H,29,31)(H,30,32). The van der Waals surface area contributed by atoms with E-state index in [9.17, 15) is 18.0 Å². The van der Waals surface area contributed by atoms with Gasteiger partial charge in [0.2, 0.25) is 15.8 Å². The Labute approximate surface area is 208 Å². The molecule has 0 saturated heterocycles. The van der Waals surface area contributed by atoms with Crippen molar-refractivity contribution in [3.05, 3.63) is 101 Å². The number of benzene rings is 3. The van der Waals surface area contributed by atoms with E-state index in [1.54, 1.807) is 36.4 Å². The molecule has 0 atom stereocenters. The van der Waals surface area contributed by atoms with Crippen LogP contribution in [0.2, 0.25) is 0 Å². The van der Waals surface area contributed by atoms with Crippen molar-refractivity contribution < 1.29 is 22.5 Å². The van der Waals surface area contributed by atoms with E-state index in [4.69, 9.17) is 4.52 Å². The minimum absolute atomic E-state index is 0.0153. The van der Waals surface area contributed by atoms with E-state index in [0.717, 1.165) is 28.5 Å². The number of carbonyl (C=O) groups excluding carboxylic acids is 2. The summed E-state index contributed by atoms with van der Waals surface area (Å²) in [4.78, 5) is 25.9. The van der Waals surface area contributed by atoms with Crippen molar-refractivity contribution in [3.63, 3.8) is 0 Å². The van der Waals surface area contributed by atoms with E-state index in [0.29, 0.717) is 11.4 Å². The highest BCUT2D eigenvalue weighted by atomic mass is 32.2. The van der Waals surface area contributed by atoms with Gasteiger partial charge in [0, 0.05) is 18.3 Å². The average molecular weight is 505 g/mol. The van der Waals surface area contributed by atoms with Crippen molar-refractivity contribution >= 4 is 33.2 Å². The predicted molar refractivity (Wildman–Crippen MR) is 137 cm³/mol. The number of rotatable bonds is 8. The third-order valence-corrected chi connectivity index (χ3v) is 6.02. The van der Waals surface area contributed by atoms with Crippen LogP contribution in [-0.4, -0.2) is 31.6 Å². The minimum atomic E-state index is -3.31. The van der Waals surface area contributed by atoms with Gasteiger partial charge >= 0.3 is 0 Å². The highest BCUT2D eigenvalue weighted by Crippen LogP contribution is 2.30. The van der Waals surface area contributed by atoms with Crippen molar-refractivity contribution in [2.75, 3.05) is 16.9 Å². The van der Waals surface area contributed by atoms with Gasteiger partial charge in [-0.3, -0.25) is 9.59 Å². The highest BCUT2D eigenvalue weighted by molar-refractivity contribution is 7.88. The van der Waals surface area contributed by atoms with Gasteiger partial charge in [-0.2, -0.15) is 0 Å². The summed E-state index contributed by atoms with van der Waals surface area (Å²) < 4.78 is 30.0. The molecule has 0 aliphatic rings. The van der Waals surface area contributed by atoms with Crippen molar-refractivity contribution in [1.82, 2.24) is 9.88 Å². The van der Waals surface area contributed by atoms with Crippen molar-refractivity contribution in [2.24, 2.45) is 0 Å². The van der Waals surface area contributed by atoms with Crippen LogP contribution in [0.1, 0.15) is 32.0 Å². The maximum absolute atomic E-state index is 13.3. The maximum atomic E-state index is 13.3. The summed E-state index contributed by atoms with van der Waals surface area (Å²) in [6, 6.07) is 21.3. The van der Waals surface area contributed by atoms with Gasteiger partial charge in [-0.15, -0.1) is 0 Å². The molecule has 9 nitrogen and oxygen atoms in total. The molecule has 3 aromatic carbocycles.